The van der Waals surface area contributed by atoms with Crippen molar-refractivity contribution in [1.82, 2.24) is 0 Å². The molecule has 1 heterocycles. The first-order chi connectivity index (χ1) is 14.8. The number of halogens is 2. The number of carboxylic acids is 1. The first kappa shape index (κ1) is 21.0. The molecule has 1 aromatic heterocycles. The molecule has 1 N–H and O–H groups in total. The third-order valence-electron chi connectivity index (χ3n) is 4.82. The minimum absolute atomic E-state index is 0.0389. The van der Waals surface area contributed by atoms with Gasteiger partial charge in [-0.1, -0.05) is 35.3 Å². The molecule has 5 nitrogen and oxygen atoms in total. The van der Waals surface area contributed by atoms with Crippen molar-refractivity contribution in [3.05, 3.63) is 97.6 Å². The number of fused-ring (bicyclic) bond motifs is 1. The summed E-state index contributed by atoms with van der Waals surface area (Å²) >= 11 is 12.2. The van der Waals surface area contributed by atoms with E-state index in [2.05, 4.69) is 0 Å². The Kier molecular flexibility index (Phi) is 5.72. The Hall–Kier alpha value is -3.28. The van der Waals surface area contributed by atoms with Crippen molar-refractivity contribution in [2.75, 3.05) is 0 Å². The summed E-state index contributed by atoms with van der Waals surface area (Å²) in [6.07, 6.45) is 0. The predicted molar refractivity (Wildman–Crippen MR) is 120 cm³/mol. The number of rotatable bonds is 5. The van der Waals surface area contributed by atoms with E-state index < -0.39 is 5.97 Å². The Morgan fingerprint density at radius 3 is 2.35 bits per heavy atom. The van der Waals surface area contributed by atoms with Gasteiger partial charge in [0.1, 0.15) is 12.2 Å². The topological polar surface area (TPSA) is 76.7 Å². The van der Waals surface area contributed by atoms with Crippen LogP contribution in [0.2, 0.25) is 10.0 Å². The third-order valence-corrected chi connectivity index (χ3v) is 5.48. The Morgan fingerprint density at radius 2 is 1.71 bits per heavy atom. The lowest BCUT2D eigenvalue weighted by atomic mass is 10.1. The highest BCUT2D eigenvalue weighted by atomic mass is 35.5. The van der Waals surface area contributed by atoms with Crippen molar-refractivity contribution in [1.29, 1.82) is 0 Å². The lowest BCUT2D eigenvalue weighted by Crippen LogP contribution is -2.10. The van der Waals surface area contributed by atoms with Gasteiger partial charge in [0.25, 0.3) is 0 Å². The van der Waals surface area contributed by atoms with Gasteiger partial charge in [0, 0.05) is 15.6 Å². The van der Waals surface area contributed by atoms with E-state index in [0.29, 0.717) is 32.1 Å². The van der Waals surface area contributed by atoms with Crippen LogP contribution in [-0.2, 0) is 6.61 Å². The summed E-state index contributed by atoms with van der Waals surface area (Å²) in [5, 5.41) is 10.4. The van der Waals surface area contributed by atoms with Gasteiger partial charge in [-0.25, -0.2) is 4.79 Å². The zero-order valence-electron chi connectivity index (χ0n) is 16.3. The molecular formula is C24H16Cl2O5. The van der Waals surface area contributed by atoms with E-state index >= 15 is 0 Å². The highest BCUT2D eigenvalue weighted by Crippen LogP contribution is 2.33. The summed E-state index contributed by atoms with van der Waals surface area (Å²) in [7, 11) is 0. The number of hydrogen-bond donors (Lipinski definition) is 1. The van der Waals surface area contributed by atoms with Crippen LogP contribution in [0.25, 0.3) is 22.3 Å². The quantitative estimate of drug-likeness (QED) is 0.379. The lowest BCUT2D eigenvalue weighted by Gasteiger charge is -2.13. The largest absolute Gasteiger partial charge is 0.481 e. The van der Waals surface area contributed by atoms with Crippen molar-refractivity contribution in [3.63, 3.8) is 0 Å². The molecule has 4 aromatic rings. The van der Waals surface area contributed by atoms with Crippen LogP contribution in [0.3, 0.4) is 0 Å². The van der Waals surface area contributed by atoms with Gasteiger partial charge in [0.15, 0.2) is 5.76 Å². The summed E-state index contributed by atoms with van der Waals surface area (Å²) in [4.78, 5) is 24.3. The summed E-state index contributed by atoms with van der Waals surface area (Å²) in [6.45, 7) is 1.88. The van der Waals surface area contributed by atoms with Crippen molar-refractivity contribution >= 4 is 40.1 Å². The number of carboxylic acid groups (broad SMARTS) is 1. The monoisotopic (exact) mass is 454 g/mol. The van der Waals surface area contributed by atoms with Crippen LogP contribution in [0.4, 0.5) is 0 Å². The molecule has 0 atom stereocenters. The molecule has 0 saturated carbocycles. The number of aryl methyl sites for hydroxylation is 1. The van der Waals surface area contributed by atoms with Gasteiger partial charge in [-0.3, -0.25) is 4.79 Å². The van der Waals surface area contributed by atoms with Crippen molar-refractivity contribution in [2.24, 2.45) is 0 Å². The van der Waals surface area contributed by atoms with Crippen LogP contribution >= 0.6 is 23.2 Å². The SMILES string of the molecule is Cc1cc2oc(-c3ccc(Cl)cc3)c(OCc3ccc(C(=O)O)cc3)c(=O)c2cc1Cl. The molecule has 0 aliphatic heterocycles. The maximum Gasteiger partial charge on any atom is 0.335 e. The number of ether oxygens (including phenoxy) is 1. The van der Waals surface area contributed by atoms with Crippen molar-refractivity contribution in [3.8, 4) is 17.1 Å². The number of hydrogen-bond acceptors (Lipinski definition) is 4. The molecule has 0 fully saturated rings. The van der Waals surface area contributed by atoms with Gasteiger partial charge in [0.2, 0.25) is 11.2 Å². The minimum Gasteiger partial charge on any atom is -0.481 e. The second kappa shape index (κ2) is 8.46. The first-order valence-electron chi connectivity index (χ1n) is 9.31. The van der Waals surface area contributed by atoms with Gasteiger partial charge in [0.05, 0.1) is 10.9 Å². The zero-order valence-corrected chi connectivity index (χ0v) is 17.8. The van der Waals surface area contributed by atoms with Crippen LogP contribution in [0, 0.1) is 6.92 Å². The molecule has 0 aliphatic carbocycles. The number of benzene rings is 3. The highest BCUT2D eigenvalue weighted by Gasteiger charge is 2.19. The normalized spacial score (nSPS) is 10.9. The van der Waals surface area contributed by atoms with Gasteiger partial charge in [-0.05, 0) is 66.6 Å². The predicted octanol–water partition coefficient (Wildman–Crippen LogP) is 6.35. The zero-order chi connectivity index (χ0) is 22.1. The number of carbonyl (C=O) groups is 1. The standard InChI is InChI=1S/C24H16Cl2O5/c1-13-10-20-18(11-19(13)26)21(27)23(22(31-20)15-6-8-17(25)9-7-15)30-12-14-2-4-16(5-3-14)24(28)29/h2-11H,12H2,1H3,(H,28,29). The fraction of sp³-hybridized carbons (Fsp3) is 0.0833. The molecule has 7 heteroatoms. The minimum atomic E-state index is -1.01. The van der Waals surface area contributed by atoms with Crippen LogP contribution in [-0.4, -0.2) is 11.1 Å². The molecule has 4 rings (SSSR count). The van der Waals surface area contributed by atoms with E-state index in [4.69, 9.17) is 37.5 Å². The van der Waals surface area contributed by atoms with Crippen LogP contribution in [0.1, 0.15) is 21.5 Å². The van der Waals surface area contributed by atoms with Crippen molar-refractivity contribution < 1.29 is 19.1 Å². The molecule has 0 saturated heterocycles. The molecule has 0 amide bonds. The lowest BCUT2D eigenvalue weighted by molar-refractivity contribution is 0.0697. The van der Waals surface area contributed by atoms with Gasteiger partial charge >= 0.3 is 5.97 Å². The van der Waals surface area contributed by atoms with Crippen LogP contribution < -0.4 is 10.2 Å². The Labute approximate surface area is 187 Å². The van der Waals surface area contributed by atoms with E-state index in [1.54, 1.807) is 48.5 Å². The molecule has 0 radical (unpaired) electrons. The summed E-state index contributed by atoms with van der Waals surface area (Å²) in [5.74, 6) is -0.699. The van der Waals surface area contributed by atoms with Gasteiger partial charge in [-0.15, -0.1) is 0 Å². The van der Waals surface area contributed by atoms with E-state index in [0.717, 1.165) is 5.56 Å². The molecule has 0 spiro atoms. The Morgan fingerprint density at radius 1 is 1.03 bits per heavy atom. The second-order valence-electron chi connectivity index (χ2n) is 6.98. The van der Waals surface area contributed by atoms with Crippen molar-refractivity contribution in [2.45, 2.75) is 13.5 Å². The molecule has 3 aromatic carbocycles. The molecule has 156 valence electrons. The highest BCUT2D eigenvalue weighted by molar-refractivity contribution is 6.32. The molecule has 0 aliphatic rings. The maximum atomic E-state index is 13.3. The summed E-state index contributed by atoms with van der Waals surface area (Å²) in [5.41, 5.74) is 2.33. The fourth-order valence-electron chi connectivity index (χ4n) is 3.12. The summed E-state index contributed by atoms with van der Waals surface area (Å²) in [6, 6.07) is 16.4. The maximum absolute atomic E-state index is 13.3. The van der Waals surface area contributed by atoms with E-state index in [9.17, 15) is 9.59 Å². The number of aromatic carboxylic acids is 1. The van der Waals surface area contributed by atoms with Crippen LogP contribution in [0.5, 0.6) is 5.75 Å². The summed E-state index contributed by atoms with van der Waals surface area (Å²) < 4.78 is 12.0. The van der Waals surface area contributed by atoms with Crippen LogP contribution in [0.15, 0.2) is 69.9 Å². The van der Waals surface area contributed by atoms with E-state index in [-0.39, 0.29) is 29.1 Å². The molecule has 31 heavy (non-hydrogen) atoms. The molecule has 0 bridgehead atoms. The second-order valence-corrected chi connectivity index (χ2v) is 7.83. The smallest absolute Gasteiger partial charge is 0.335 e. The average molecular weight is 455 g/mol. The van der Waals surface area contributed by atoms with Gasteiger partial charge < -0.3 is 14.3 Å². The Balaban J connectivity index is 1.81. The average Bonchev–Trinajstić information content (AvgIpc) is 2.75. The van der Waals surface area contributed by atoms with E-state index in [1.165, 1.54) is 12.1 Å². The fourth-order valence-corrected chi connectivity index (χ4v) is 3.41. The third kappa shape index (κ3) is 4.29. The molecular weight excluding hydrogens is 439 g/mol. The molecule has 0 unspecified atom stereocenters. The van der Waals surface area contributed by atoms with Gasteiger partial charge in [-0.2, -0.15) is 0 Å². The Bertz CT molecular complexity index is 1340. The first-order valence-corrected chi connectivity index (χ1v) is 10.1. The van der Waals surface area contributed by atoms with E-state index in [1.807, 2.05) is 6.92 Å².